The molecule has 0 saturated carbocycles. The Kier molecular flexibility index (Phi) is 3.21. The molecule has 0 radical (unpaired) electrons. The van der Waals surface area contributed by atoms with Crippen LogP contribution < -0.4 is 5.32 Å². The highest BCUT2D eigenvalue weighted by Crippen LogP contribution is 1.85. The van der Waals surface area contributed by atoms with Gasteiger partial charge in [-0.1, -0.05) is 5.16 Å². The van der Waals surface area contributed by atoms with Gasteiger partial charge in [-0.15, -0.1) is 0 Å². The van der Waals surface area contributed by atoms with Gasteiger partial charge >= 0.3 is 5.97 Å². The Morgan fingerprint density at radius 1 is 1.83 bits per heavy atom. The Balaban J connectivity index is 2.15. The maximum absolute atomic E-state index is 10.6. The van der Waals surface area contributed by atoms with Gasteiger partial charge in [0.2, 0.25) is 6.39 Å². The summed E-state index contributed by atoms with van der Waals surface area (Å²) in [4.78, 5) is 14.3. The molecule has 1 aromatic heterocycles. The van der Waals surface area contributed by atoms with E-state index in [-0.39, 0.29) is 12.5 Å². The van der Waals surface area contributed by atoms with Crippen LogP contribution in [0.3, 0.4) is 0 Å². The molecule has 0 spiro atoms. The van der Waals surface area contributed by atoms with Crippen LogP contribution in [0.1, 0.15) is 5.82 Å². The summed E-state index contributed by atoms with van der Waals surface area (Å²) in [6, 6.07) is 0. The number of esters is 1. The van der Waals surface area contributed by atoms with Crippen LogP contribution in [0.4, 0.5) is 0 Å². The van der Waals surface area contributed by atoms with E-state index in [4.69, 9.17) is 0 Å². The highest BCUT2D eigenvalue weighted by Gasteiger charge is 2.00. The lowest BCUT2D eigenvalue weighted by Crippen LogP contribution is -2.23. The summed E-state index contributed by atoms with van der Waals surface area (Å²) >= 11 is 0. The van der Waals surface area contributed by atoms with Crippen molar-refractivity contribution in [2.75, 3.05) is 13.7 Å². The molecule has 1 heterocycles. The lowest BCUT2D eigenvalue weighted by Gasteiger charge is -1.98. The minimum absolute atomic E-state index is 0.144. The highest BCUT2D eigenvalue weighted by molar-refractivity contribution is 5.71. The van der Waals surface area contributed by atoms with Crippen molar-refractivity contribution in [3.8, 4) is 0 Å². The molecule has 0 amide bonds. The first-order valence-electron chi connectivity index (χ1n) is 3.35. The normalized spacial score (nSPS) is 9.75. The number of carbonyl (C=O) groups is 1. The Hall–Kier alpha value is -1.43. The van der Waals surface area contributed by atoms with Crippen molar-refractivity contribution in [2.24, 2.45) is 0 Å². The molecule has 0 aromatic carbocycles. The second-order valence-electron chi connectivity index (χ2n) is 2.03. The van der Waals surface area contributed by atoms with Gasteiger partial charge in [0.15, 0.2) is 5.82 Å². The van der Waals surface area contributed by atoms with Crippen LogP contribution in [0.15, 0.2) is 10.9 Å². The van der Waals surface area contributed by atoms with Gasteiger partial charge in [-0.3, -0.25) is 10.1 Å². The average Bonchev–Trinajstić information content (AvgIpc) is 2.57. The van der Waals surface area contributed by atoms with E-state index in [1.165, 1.54) is 13.5 Å². The zero-order valence-electron chi connectivity index (χ0n) is 6.61. The smallest absolute Gasteiger partial charge is 0.319 e. The molecule has 6 nitrogen and oxygen atoms in total. The van der Waals surface area contributed by atoms with Crippen LogP contribution in [-0.4, -0.2) is 29.8 Å². The van der Waals surface area contributed by atoms with Crippen LogP contribution in [-0.2, 0) is 16.1 Å². The molecule has 0 fully saturated rings. The van der Waals surface area contributed by atoms with Crippen molar-refractivity contribution in [2.45, 2.75) is 6.54 Å². The van der Waals surface area contributed by atoms with Crippen molar-refractivity contribution in [1.29, 1.82) is 0 Å². The van der Waals surface area contributed by atoms with Crippen molar-refractivity contribution in [1.82, 2.24) is 15.5 Å². The fraction of sp³-hybridized carbons (Fsp3) is 0.500. The van der Waals surface area contributed by atoms with Crippen LogP contribution in [0.2, 0.25) is 0 Å². The molecule has 0 saturated heterocycles. The molecule has 1 rings (SSSR count). The molecule has 1 aromatic rings. The first-order valence-corrected chi connectivity index (χ1v) is 3.35. The van der Waals surface area contributed by atoms with Gasteiger partial charge in [0.25, 0.3) is 0 Å². The summed E-state index contributed by atoms with van der Waals surface area (Å²) in [5.41, 5.74) is 0. The van der Waals surface area contributed by atoms with Crippen molar-refractivity contribution in [3.63, 3.8) is 0 Å². The summed E-state index contributed by atoms with van der Waals surface area (Å²) in [5.74, 6) is 0.192. The third-order valence-electron chi connectivity index (χ3n) is 1.19. The van der Waals surface area contributed by atoms with Gasteiger partial charge < -0.3 is 9.26 Å². The number of nitrogens with one attached hydrogen (secondary N) is 1. The zero-order valence-corrected chi connectivity index (χ0v) is 6.61. The third-order valence-corrected chi connectivity index (χ3v) is 1.19. The number of hydrogen-bond donors (Lipinski definition) is 1. The lowest BCUT2D eigenvalue weighted by molar-refractivity contribution is -0.139. The summed E-state index contributed by atoms with van der Waals surface area (Å²) in [6.45, 7) is 0.538. The van der Waals surface area contributed by atoms with E-state index < -0.39 is 0 Å². The summed E-state index contributed by atoms with van der Waals surface area (Å²) < 4.78 is 8.88. The van der Waals surface area contributed by atoms with E-state index in [9.17, 15) is 4.79 Å². The molecule has 6 heteroatoms. The number of ether oxygens (including phenoxy) is 1. The standard InChI is InChI=1S/C6H9N3O3/c1-11-6(10)3-7-2-5-8-4-12-9-5/h4,7H,2-3H2,1H3. The third kappa shape index (κ3) is 2.67. The Morgan fingerprint density at radius 2 is 2.67 bits per heavy atom. The molecule has 0 aliphatic heterocycles. The van der Waals surface area contributed by atoms with Gasteiger partial charge in [-0.2, -0.15) is 4.98 Å². The maximum Gasteiger partial charge on any atom is 0.319 e. The Morgan fingerprint density at radius 3 is 3.25 bits per heavy atom. The van der Waals surface area contributed by atoms with E-state index >= 15 is 0 Å². The van der Waals surface area contributed by atoms with Gasteiger partial charge in [-0.05, 0) is 0 Å². The van der Waals surface area contributed by atoms with Gasteiger partial charge in [0, 0.05) is 0 Å². The highest BCUT2D eigenvalue weighted by atomic mass is 16.5. The maximum atomic E-state index is 10.6. The van der Waals surface area contributed by atoms with E-state index in [1.54, 1.807) is 0 Å². The molecule has 0 aliphatic carbocycles. The first kappa shape index (κ1) is 8.66. The molecule has 0 aliphatic rings. The molecule has 0 atom stereocenters. The molecule has 0 unspecified atom stereocenters. The fourth-order valence-electron chi connectivity index (χ4n) is 0.619. The summed E-state index contributed by atoms with van der Waals surface area (Å²) in [6.07, 6.45) is 1.23. The first-order chi connectivity index (χ1) is 5.83. The summed E-state index contributed by atoms with van der Waals surface area (Å²) in [5, 5.41) is 6.32. The predicted octanol–water partition coefficient (Wildman–Crippen LogP) is -0.668. The van der Waals surface area contributed by atoms with Crippen molar-refractivity contribution >= 4 is 5.97 Å². The predicted molar refractivity (Wildman–Crippen MR) is 38.0 cm³/mol. The van der Waals surface area contributed by atoms with Gasteiger partial charge in [0.05, 0.1) is 20.2 Å². The van der Waals surface area contributed by atoms with Gasteiger partial charge in [0.1, 0.15) is 0 Å². The number of hydrogen-bond acceptors (Lipinski definition) is 6. The average molecular weight is 171 g/mol. The Bertz CT molecular complexity index is 234. The van der Waals surface area contributed by atoms with E-state index in [0.717, 1.165) is 0 Å². The van der Waals surface area contributed by atoms with Gasteiger partial charge in [-0.25, -0.2) is 0 Å². The monoisotopic (exact) mass is 171 g/mol. The molecule has 66 valence electrons. The molecule has 0 bridgehead atoms. The van der Waals surface area contributed by atoms with Crippen LogP contribution >= 0.6 is 0 Å². The van der Waals surface area contributed by atoms with Crippen molar-refractivity contribution < 1.29 is 14.1 Å². The molecular formula is C6H9N3O3. The van der Waals surface area contributed by atoms with Crippen LogP contribution in [0.5, 0.6) is 0 Å². The van der Waals surface area contributed by atoms with Crippen LogP contribution in [0.25, 0.3) is 0 Å². The van der Waals surface area contributed by atoms with E-state index in [0.29, 0.717) is 12.4 Å². The number of aromatic nitrogens is 2. The SMILES string of the molecule is COC(=O)CNCc1ncon1. The number of nitrogens with zero attached hydrogens (tertiary/aromatic N) is 2. The summed E-state index contributed by atoms with van der Waals surface area (Å²) in [7, 11) is 1.33. The number of methoxy groups -OCH3 is 1. The fourth-order valence-corrected chi connectivity index (χ4v) is 0.619. The minimum atomic E-state index is -0.321. The van der Waals surface area contributed by atoms with Crippen LogP contribution in [0, 0.1) is 0 Å². The number of rotatable bonds is 4. The van der Waals surface area contributed by atoms with Crippen molar-refractivity contribution in [3.05, 3.63) is 12.2 Å². The zero-order chi connectivity index (χ0) is 8.81. The second-order valence-corrected chi connectivity index (χ2v) is 2.03. The second kappa shape index (κ2) is 4.45. The Labute approximate surface area is 68.9 Å². The molecular weight excluding hydrogens is 162 g/mol. The number of carbonyl (C=O) groups excluding carboxylic acids is 1. The molecule has 12 heavy (non-hydrogen) atoms. The largest absolute Gasteiger partial charge is 0.468 e. The molecule has 1 N–H and O–H groups in total. The topological polar surface area (TPSA) is 77.2 Å². The minimum Gasteiger partial charge on any atom is -0.468 e. The van der Waals surface area contributed by atoms with E-state index in [2.05, 4.69) is 24.7 Å². The lowest BCUT2D eigenvalue weighted by atomic mass is 10.5. The quantitative estimate of drug-likeness (QED) is 0.605. The van der Waals surface area contributed by atoms with E-state index in [1.807, 2.05) is 0 Å².